The molecule has 0 aliphatic rings. The minimum absolute atomic E-state index is 0.240. The first-order valence-corrected chi connectivity index (χ1v) is 11.3. The predicted octanol–water partition coefficient (Wildman–Crippen LogP) is 6.14. The standard InChI is InChI=1S/C28H29NO5/c1-3-4-8-19-33-25-17-11-21(20-26(25)32-2)12-18-27(30)34-24-15-13-22(14-16-24)28(31)29-23-9-6-5-7-10-23/h5-7,9-18,20H,3-4,8,19H2,1-2H3,(H,29,31)/b18-12+. The van der Waals surface area contributed by atoms with Gasteiger partial charge in [0.2, 0.25) is 0 Å². The molecule has 0 heterocycles. The third kappa shape index (κ3) is 7.52. The SMILES string of the molecule is CCCCCOc1ccc(/C=C/C(=O)Oc2ccc(C(=O)Nc3ccccc3)cc2)cc1OC. The van der Waals surface area contributed by atoms with Crippen LogP contribution in [-0.2, 0) is 4.79 Å². The van der Waals surface area contributed by atoms with Crippen molar-refractivity contribution >= 4 is 23.6 Å². The van der Waals surface area contributed by atoms with Crippen LogP contribution in [0.4, 0.5) is 5.69 Å². The monoisotopic (exact) mass is 459 g/mol. The van der Waals surface area contributed by atoms with E-state index in [9.17, 15) is 9.59 Å². The number of carbonyl (C=O) groups is 2. The van der Waals surface area contributed by atoms with Gasteiger partial charge >= 0.3 is 5.97 Å². The molecule has 0 saturated heterocycles. The third-order valence-corrected chi connectivity index (χ3v) is 4.97. The molecule has 0 aliphatic carbocycles. The number of hydrogen-bond acceptors (Lipinski definition) is 5. The summed E-state index contributed by atoms with van der Waals surface area (Å²) in [6.07, 6.45) is 6.23. The van der Waals surface area contributed by atoms with Gasteiger partial charge in [-0.05, 0) is 66.6 Å². The van der Waals surface area contributed by atoms with E-state index in [4.69, 9.17) is 14.2 Å². The summed E-state index contributed by atoms with van der Waals surface area (Å²) in [6, 6.07) is 21.0. The van der Waals surface area contributed by atoms with E-state index < -0.39 is 5.97 Å². The summed E-state index contributed by atoms with van der Waals surface area (Å²) in [7, 11) is 1.58. The quantitative estimate of drug-likeness (QED) is 0.161. The Morgan fingerprint density at radius 1 is 0.912 bits per heavy atom. The highest BCUT2D eigenvalue weighted by atomic mass is 16.5. The van der Waals surface area contributed by atoms with Crippen LogP contribution in [0.3, 0.4) is 0 Å². The van der Waals surface area contributed by atoms with Gasteiger partial charge in [0.1, 0.15) is 5.75 Å². The highest BCUT2D eigenvalue weighted by Gasteiger charge is 2.08. The van der Waals surface area contributed by atoms with E-state index in [1.165, 1.54) is 6.08 Å². The summed E-state index contributed by atoms with van der Waals surface area (Å²) >= 11 is 0. The zero-order chi connectivity index (χ0) is 24.2. The van der Waals surface area contributed by atoms with Gasteiger partial charge in [-0.15, -0.1) is 0 Å². The molecule has 0 atom stereocenters. The summed E-state index contributed by atoms with van der Waals surface area (Å²) in [5.41, 5.74) is 1.95. The Bertz CT molecular complexity index is 1110. The van der Waals surface area contributed by atoms with E-state index >= 15 is 0 Å². The lowest BCUT2D eigenvalue weighted by Gasteiger charge is -2.11. The first-order valence-electron chi connectivity index (χ1n) is 11.3. The van der Waals surface area contributed by atoms with Crippen molar-refractivity contribution in [3.63, 3.8) is 0 Å². The van der Waals surface area contributed by atoms with E-state index in [1.54, 1.807) is 43.5 Å². The van der Waals surface area contributed by atoms with Gasteiger partial charge in [-0.1, -0.05) is 44.0 Å². The number of rotatable bonds is 11. The summed E-state index contributed by atoms with van der Waals surface area (Å²) in [5, 5.41) is 2.81. The van der Waals surface area contributed by atoms with E-state index in [0.717, 1.165) is 24.8 Å². The van der Waals surface area contributed by atoms with Crippen LogP contribution in [0.25, 0.3) is 6.08 Å². The van der Waals surface area contributed by atoms with Gasteiger partial charge in [0.05, 0.1) is 13.7 Å². The maximum Gasteiger partial charge on any atom is 0.336 e. The number of methoxy groups -OCH3 is 1. The maximum absolute atomic E-state index is 12.3. The molecule has 3 aromatic carbocycles. The van der Waals surface area contributed by atoms with Crippen molar-refractivity contribution in [3.05, 3.63) is 90.0 Å². The number of unbranched alkanes of at least 4 members (excludes halogenated alkanes) is 2. The van der Waals surface area contributed by atoms with Crippen LogP contribution in [0.2, 0.25) is 0 Å². The molecule has 0 aliphatic heterocycles. The largest absolute Gasteiger partial charge is 0.493 e. The average molecular weight is 460 g/mol. The Labute approximate surface area is 200 Å². The Morgan fingerprint density at radius 3 is 2.38 bits per heavy atom. The molecular weight excluding hydrogens is 430 g/mol. The van der Waals surface area contributed by atoms with Gasteiger partial charge in [0, 0.05) is 17.3 Å². The summed E-state index contributed by atoms with van der Waals surface area (Å²) in [4.78, 5) is 24.5. The van der Waals surface area contributed by atoms with E-state index in [1.807, 2.05) is 42.5 Å². The first kappa shape index (κ1) is 24.6. The number of anilines is 1. The van der Waals surface area contributed by atoms with Crippen LogP contribution in [-0.4, -0.2) is 25.6 Å². The van der Waals surface area contributed by atoms with Gasteiger partial charge in [-0.25, -0.2) is 4.79 Å². The van der Waals surface area contributed by atoms with E-state index in [0.29, 0.717) is 35.1 Å². The highest BCUT2D eigenvalue weighted by molar-refractivity contribution is 6.04. The van der Waals surface area contributed by atoms with Crippen LogP contribution in [0.15, 0.2) is 78.9 Å². The van der Waals surface area contributed by atoms with Gasteiger partial charge in [0.15, 0.2) is 11.5 Å². The highest BCUT2D eigenvalue weighted by Crippen LogP contribution is 2.29. The number of amides is 1. The molecule has 6 heteroatoms. The third-order valence-electron chi connectivity index (χ3n) is 4.97. The zero-order valence-corrected chi connectivity index (χ0v) is 19.5. The molecule has 3 rings (SSSR count). The van der Waals surface area contributed by atoms with Gasteiger partial charge in [0.25, 0.3) is 5.91 Å². The molecule has 0 radical (unpaired) electrons. The number of esters is 1. The smallest absolute Gasteiger partial charge is 0.336 e. The molecular formula is C28H29NO5. The fourth-order valence-electron chi connectivity index (χ4n) is 3.15. The molecule has 0 bridgehead atoms. The normalized spacial score (nSPS) is 10.6. The maximum atomic E-state index is 12.3. The Hall–Kier alpha value is -4.06. The van der Waals surface area contributed by atoms with Crippen LogP contribution >= 0.6 is 0 Å². The topological polar surface area (TPSA) is 73.9 Å². The molecule has 176 valence electrons. The fraction of sp³-hybridized carbons (Fsp3) is 0.214. The lowest BCUT2D eigenvalue weighted by atomic mass is 10.2. The molecule has 0 spiro atoms. The Balaban J connectivity index is 1.54. The molecule has 0 unspecified atom stereocenters. The van der Waals surface area contributed by atoms with Crippen molar-refractivity contribution in [2.75, 3.05) is 19.0 Å². The summed E-state index contributed by atoms with van der Waals surface area (Å²) in [5.74, 6) is 0.862. The van der Waals surface area contributed by atoms with Crippen LogP contribution in [0.5, 0.6) is 17.2 Å². The number of nitrogens with one attached hydrogen (secondary N) is 1. The van der Waals surface area contributed by atoms with Crippen molar-refractivity contribution in [1.29, 1.82) is 0 Å². The van der Waals surface area contributed by atoms with E-state index in [-0.39, 0.29) is 5.91 Å². The second kappa shape index (κ2) is 12.8. The molecule has 0 saturated carbocycles. The Morgan fingerprint density at radius 2 is 1.68 bits per heavy atom. The van der Waals surface area contributed by atoms with Crippen molar-refractivity contribution in [2.24, 2.45) is 0 Å². The average Bonchev–Trinajstić information content (AvgIpc) is 2.86. The predicted molar refractivity (Wildman–Crippen MR) is 134 cm³/mol. The molecule has 1 N–H and O–H groups in total. The number of para-hydroxylation sites is 1. The molecule has 1 amide bonds. The van der Waals surface area contributed by atoms with Gasteiger partial charge < -0.3 is 19.5 Å². The second-order valence-corrected chi connectivity index (χ2v) is 7.56. The lowest BCUT2D eigenvalue weighted by Crippen LogP contribution is -2.11. The van der Waals surface area contributed by atoms with Crippen LogP contribution in [0.1, 0.15) is 42.1 Å². The summed E-state index contributed by atoms with van der Waals surface area (Å²) < 4.78 is 16.5. The van der Waals surface area contributed by atoms with Crippen molar-refractivity contribution in [3.8, 4) is 17.2 Å². The Kier molecular flexibility index (Phi) is 9.29. The first-order chi connectivity index (χ1) is 16.6. The second-order valence-electron chi connectivity index (χ2n) is 7.56. The molecule has 0 aromatic heterocycles. The van der Waals surface area contributed by atoms with Crippen molar-refractivity contribution in [2.45, 2.75) is 26.2 Å². The molecule has 0 fully saturated rings. The zero-order valence-electron chi connectivity index (χ0n) is 19.5. The summed E-state index contributed by atoms with van der Waals surface area (Å²) in [6.45, 7) is 2.78. The van der Waals surface area contributed by atoms with Crippen molar-refractivity contribution < 1.29 is 23.8 Å². The number of hydrogen-bond donors (Lipinski definition) is 1. The van der Waals surface area contributed by atoms with Crippen LogP contribution < -0.4 is 19.5 Å². The number of benzene rings is 3. The van der Waals surface area contributed by atoms with Gasteiger partial charge in [-0.2, -0.15) is 0 Å². The van der Waals surface area contributed by atoms with E-state index in [2.05, 4.69) is 12.2 Å². The fourth-order valence-corrected chi connectivity index (χ4v) is 3.15. The van der Waals surface area contributed by atoms with Gasteiger partial charge in [-0.3, -0.25) is 4.79 Å². The number of carbonyl (C=O) groups excluding carboxylic acids is 2. The minimum Gasteiger partial charge on any atom is -0.493 e. The molecule has 34 heavy (non-hydrogen) atoms. The van der Waals surface area contributed by atoms with Crippen molar-refractivity contribution in [1.82, 2.24) is 0 Å². The number of ether oxygens (including phenoxy) is 3. The lowest BCUT2D eigenvalue weighted by molar-refractivity contribution is -0.128. The van der Waals surface area contributed by atoms with Crippen LogP contribution in [0, 0.1) is 0 Å². The minimum atomic E-state index is -0.527. The molecule has 3 aromatic rings. The molecule has 6 nitrogen and oxygen atoms in total.